The maximum Gasteiger partial charge on any atom is 0.247 e. The van der Waals surface area contributed by atoms with E-state index in [2.05, 4.69) is 38.7 Å². The van der Waals surface area contributed by atoms with Gasteiger partial charge in [0.2, 0.25) is 11.9 Å². The Morgan fingerprint density at radius 3 is 2.78 bits per heavy atom. The molecule has 4 rings (SSSR count). The number of hydrogen-bond acceptors (Lipinski definition) is 8. The Balaban J connectivity index is 1.49. The van der Waals surface area contributed by atoms with E-state index in [0.717, 1.165) is 16.1 Å². The molecular weight excluding hydrogens is 424 g/mol. The number of hydrogen-bond donors (Lipinski definition) is 2. The van der Waals surface area contributed by atoms with Gasteiger partial charge in [0.05, 0.1) is 17.9 Å². The average Bonchev–Trinajstić information content (AvgIpc) is 3.42. The second kappa shape index (κ2) is 8.59. The van der Waals surface area contributed by atoms with Gasteiger partial charge in [0.15, 0.2) is 5.82 Å². The van der Waals surface area contributed by atoms with Gasteiger partial charge < -0.3 is 15.5 Å². The van der Waals surface area contributed by atoms with Gasteiger partial charge in [-0.2, -0.15) is 15.3 Å². The highest BCUT2D eigenvalue weighted by atomic mass is 32.1. The monoisotopic (exact) mass is 450 g/mol. The highest BCUT2D eigenvalue weighted by Gasteiger charge is 2.35. The number of rotatable bonds is 6. The molecule has 32 heavy (non-hydrogen) atoms. The summed E-state index contributed by atoms with van der Waals surface area (Å²) in [6.07, 6.45) is 3.80. The molecular formula is C22H26N8OS. The second-order valence-electron chi connectivity index (χ2n) is 8.29. The van der Waals surface area contributed by atoms with Gasteiger partial charge in [-0.1, -0.05) is 13.8 Å². The highest BCUT2D eigenvalue weighted by Crippen LogP contribution is 2.34. The number of aromatic nitrogens is 4. The van der Waals surface area contributed by atoms with Crippen molar-refractivity contribution in [3.63, 3.8) is 0 Å². The Hall–Kier alpha value is -3.45. The number of fused-ring (bicyclic) bond motifs is 1. The van der Waals surface area contributed by atoms with Crippen LogP contribution in [0, 0.1) is 24.2 Å². The molecule has 1 aliphatic heterocycles. The molecule has 10 heteroatoms. The molecule has 0 radical (unpaired) electrons. The smallest absolute Gasteiger partial charge is 0.247 e. The minimum absolute atomic E-state index is 0.0309. The van der Waals surface area contributed by atoms with Gasteiger partial charge in [0, 0.05) is 30.2 Å². The van der Waals surface area contributed by atoms with Crippen LogP contribution in [0.25, 0.3) is 0 Å². The summed E-state index contributed by atoms with van der Waals surface area (Å²) in [7, 11) is 1.90. The third kappa shape index (κ3) is 4.03. The van der Waals surface area contributed by atoms with Crippen molar-refractivity contribution >= 4 is 34.7 Å². The molecule has 0 bridgehead atoms. The molecule has 0 fully saturated rings. The number of nitrogens with zero attached hydrogens (tertiary/aromatic N) is 6. The van der Waals surface area contributed by atoms with Crippen molar-refractivity contribution in [2.24, 2.45) is 5.92 Å². The molecule has 3 aromatic rings. The van der Waals surface area contributed by atoms with E-state index in [1.807, 2.05) is 61.9 Å². The minimum Gasteiger partial charge on any atom is -0.350 e. The molecule has 4 heterocycles. The van der Waals surface area contributed by atoms with Crippen LogP contribution in [0.2, 0.25) is 0 Å². The number of nitrogens with one attached hydrogen (secondary N) is 2. The van der Waals surface area contributed by atoms with E-state index in [0.29, 0.717) is 28.9 Å². The molecule has 166 valence electrons. The number of thiophene rings is 1. The number of nitriles is 1. The molecule has 3 aromatic heterocycles. The first-order chi connectivity index (χ1) is 15.3. The molecule has 1 amide bonds. The zero-order valence-electron chi connectivity index (χ0n) is 18.7. The van der Waals surface area contributed by atoms with Crippen LogP contribution in [0.1, 0.15) is 47.8 Å². The zero-order valence-corrected chi connectivity index (χ0v) is 19.6. The first kappa shape index (κ1) is 21.8. The summed E-state index contributed by atoms with van der Waals surface area (Å²) in [5.74, 6) is 1.34. The third-order valence-electron chi connectivity index (χ3n) is 5.62. The van der Waals surface area contributed by atoms with Gasteiger partial charge in [0.1, 0.15) is 22.7 Å². The van der Waals surface area contributed by atoms with Crippen molar-refractivity contribution in [2.75, 3.05) is 22.6 Å². The van der Waals surface area contributed by atoms with Crippen LogP contribution >= 0.6 is 11.3 Å². The Bertz CT molecular complexity index is 1190. The maximum absolute atomic E-state index is 12.5. The highest BCUT2D eigenvalue weighted by molar-refractivity contribution is 7.12. The lowest BCUT2D eigenvalue weighted by molar-refractivity contribution is -0.118. The van der Waals surface area contributed by atoms with Crippen molar-refractivity contribution in [3.8, 4) is 6.07 Å². The van der Waals surface area contributed by atoms with E-state index in [1.54, 1.807) is 0 Å². The van der Waals surface area contributed by atoms with E-state index in [-0.39, 0.29) is 23.9 Å². The molecule has 0 saturated heterocycles. The van der Waals surface area contributed by atoms with Crippen molar-refractivity contribution in [3.05, 3.63) is 45.5 Å². The average molecular weight is 451 g/mol. The predicted octanol–water partition coefficient (Wildman–Crippen LogP) is 3.55. The first-order valence-corrected chi connectivity index (χ1v) is 11.3. The van der Waals surface area contributed by atoms with Crippen molar-refractivity contribution < 1.29 is 4.79 Å². The van der Waals surface area contributed by atoms with E-state index in [9.17, 15) is 4.79 Å². The third-order valence-corrected chi connectivity index (χ3v) is 6.78. The van der Waals surface area contributed by atoms with E-state index in [1.165, 1.54) is 11.3 Å². The number of carbonyl (C=O) groups is 1. The summed E-state index contributed by atoms with van der Waals surface area (Å²) in [5.41, 5.74) is 2.37. The molecule has 2 N–H and O–H groups in total. The lowest BCUT2D eigenvalue weighted by Crippen LogP contribution is -2.49. The summed E-state index contributed by atoms with van der Waals surface area (Å²) < 4.78 is 1.89. The quantitative estimate of drug-likeness (QED) is 0.591. The van der Waals surface area contributed by atoms with Crippen molar-refractivity contribution in [1.29, 1.82) is 5.26 Å². The molecule has 0 aromatic carbocycles. The van der Waals surface area contributed by atoms with Crippen LogP contribution in [0.5, 0.6) is 0 Å². The van der Waals surface area contributed by atoms with E-state index >= 15 is 0 Å². The number of aryl methyl sites for hydroxylation is 1. The van der Waals surface area contributed by atoms with E-state index in [4.69, 9.17) is 5.26 Å². The molecule has 0 spiro atoms. The van der Waals surface area contributed by atoms with Crippen LogP contribution in [0.3, 0.4) is 0 Å². The van der Waals surface area contributed by atoms with Gasteiger partial charge in [-0.25, -0.2) is 4.98 Å². The maximum atomic E-state index is 12.5. The van der Waals surface area contributed by atoms with Gasteiger partial charge >= 0.3 is 0 Å². The molecule has 2 atom stereocenters. The minimum atomic E-state index is -0.275. The SMILES string of the molecule is Cc1nc(NCc2cnn([C@H](C)c3ccc(C#N)s3)c2)nc2c1NC(=O)C(C(C)C)N2C. The molecule has 0 aliphatic carbocycles. The van der Waals surface area contributed by atoms with E-state index < -0.39 is 0 Å². The number of carbonyl (C=O) groups excluding carboxylic acids is 1. The lowest BCUT2D eigenvalue weighted by atomic mass is 9.99. The van der Waals surface area contributed by atoms with Gasteiger partial charge in [0.25, 0.3) is 0 Å². The van der Waals surface area contributed by atoms with Crippen LogP contribution < -0.4 is 15.5 Å². The van der Waals surface area contributed by atoms with Gasteiger partial charge in [-0.15, -0.1) is 11.3 Å². The fourth-order valence-corrected chi connectivity index (χ4v) is 4.77. The summed E-state index contributed by atoms with van der Waals surface area (Å²) in [6, 6.07) is 5.75. The lowest BCUT2D eigenvalue weighted by Gasteiger charge is -2.36. The van der Waals surface area contributed by atoms with Gasteiger partial charge in [-0.05, 0) is 31.9 Å². The molecule has 0 saturated carbocycles. The standard InChI is InChI=1S/C22H26N8OS/c1-12(2)19-21(31)27-18-13(3)26-22(28-20(18)29(19)5)24-9-15-10-25-30(11-15)14(4)17-7-6-16(8-23)32-17/h6-7,10-12,14,19H,9H2,1-5H3,(H,27,31)(H,24,26,28)/t14-,19?/m1/s1. The zero-order chi connectivity index (χ0) is 23.0. The largest absolute Gasteiger partial charge is 0.350 e. The fraction of sp³-hybridized carbons (Fsp3) is 0.409. The molecule has 9 nitrogen and oxygen atoms in total. The van der Waals surface area contributed by atoms with Crippen LogP contribution in [0.4, 0.5) is 17.5 Å². The number of amides is 1. The summed E-state index contributed by atoms with van der Waals surface area (Å²) >= 11 is 1.48. The normalized spacial score (nSPS) is 16.5. The second-order valence-corrected chi connectivity index (χ2v) is 9.41. The predicted molar refractivity (Wildman–Crippen MR) is 125 cm³/mol. The van der Waals surface area contributed by atoms with Crippen molar-refractivity contribution in [2.45, 2.75) is 46.3 Å². The number of anilines is 3. The Morgan fingerprint density at radius 1 is 1.31 bits per heavy atom. The van der Waals surface area contributed by atoms with Crippen LogP contribution in [0.15, 0.2) is 24.5 Å². The first-order valence-electron chi connectivity index (χ1n) is 10.5. The molecule has 1 aliphatic rings. The van der Waals surface area contributed by atoms with Crippen molar-refractivity contribution in [1.82, 2.24) is 19.7 Å². The summed E-state index contributed by atoms with van der Waals surface area (Å²) in [4.78, 5) is 25.4. The van der Waals surface area contributed by atoms with Gasteiger partial charge in [-0.3, -0.25) is 9.48 Å². The fourth-order valence-electron chi connectivity index (χ4n) is 3.92. The topological polar surface area (TPSA) is 112 Å². The van der Waals surface area contributed by atoms with Crippen LogP contribution in [-0.4, -0.2) is 38.7 Å². The Kier molecular flexibility index (Phi) is 5.84. The number of likely N-dealkylation sites (N-methyl/N-ethyl adjacent to an activating group) is 1. The summed E-state index contributed by atoms with van der Waals surface area (Å²) in [5, 5.41) is 19.8. The summed E-state index contributed by atoms with van der Waals surface area (Å²) in [6.45, 7) is 8.49. The Morgan fingerprint density at radius 2 is 2.09 bits per heavy atom. The molecule has 1 unspecified atom stereocenters. The van der Waals surface area contributed by atoms with Crippen LogP contribution in [-0.2, 0) is 11.3 Å². The Labute approximate surface area is 191 Å².